The maximum absolute atomic E-state index is 10.9. The summed E-state index contributed by atoms with van der Waals surface area (Å²) in [6.07, 6.45) is 0.724. The van der Waals surface area contributed by atoms with E-state index in [4.69, 9.17) is 4.74 Å². The topological polar surface area (TPSA) is 85.5 Å². The van der Waals surface area contributed by atoms with Gasteiger partial charge in [-0.3, -0.25) is 10.1 Å². The molecule has 6 nitrogen and oxygen atoms in total. The van der Waals surface area contributed by atoms with E-state index in [9.17, 15) is 15.2 Å². The van der Waals surface area contributed by atoms with Gasteiger partial charge in [0.25, 0.3) is 0 Å². The molecule has 1 aromatic carbocycles. The number of benzene rings is 1. The fourth-order valence-corrected chi connectivity index (χ4v) is 1.60. The Morgan fingerprint density at radius 1 is 1.32 bits per heavy atom. The average molecular weight is 260 g/mol. The summed E-state index contributed by atoms with van der Waals surface area (Å²) in [5.74, 6) is 0.250. The van der Waals surface area contributed by atoms with E-state index in [0.29, 0.717) is 5.56 Å². The van der Waals surface area contributed by atoms with Gasteiger partial charge in [0.15, 0.2) is 0 Å². The minimum atomic E-state index is -0.772. The van der Waals surface area contributed by atoms with Crippen LogP contribution in [0, 0.1) is 10.1 Å². The Labute approximate surface area is 109 Å². The van der Waals surface area contributed by atoms with Crippen LogP contribution in [0.2, 0.25) is 0 Å². The van der Waals surface area contributed by atoms with Gasteiger partial charge in [0.05, 0.1) is 11.0 Å². The van der Waals surface area contributed by atoms with E-state index >= 15 is 0 Å². The molecule has 1 aromatic heterocycles. The molecule has 98 valence electrons. The molecule has 1 atom stereocenters. The van der Waals surface area contributed by atoms with Crippen molar-refractivity contribution >= 4 is 5.69 Å². The summed E-state index contributed by atoms with van der Waals surface area (Å²) in [6, 6.07) is 9.33. The van der Waals surface area contributed by atoms with Crippen molar-refractivity contribution in [2.45, 2.75) is 13.0 Å². The first-order valence-corrected chi connectivity index (χ1v) is 5.64. The molecule has 0 fully saturated rings. The van der Waals surface area contributed by atoms with Crippen molar-refractivity contribution in [1.82, 2.24) is 4.98 Å². The third kappa shape index (κ3) is 2.86. The number of nitrogens with zero attached hydrogens (tertiary/aromatic N) is 2. The van der Waals surface area contributed by atoms with E-state index < -0.39 is 11.0 Å². The van der Waals surface area contributed by atoms with Crippen LogP contribution in [0.3, 0.4) is 0 Å². The van der Waals surface area contributed by atoms with Crippen LogP contribution in [-0.2, 0) is 0 Å². The van der Waals surface area contributed by atoms with E-state index in [1.807, 2.05) is 0 Å². The third-order valence-electron chi connectivity index (χ3n) is 2.52. The fourth-order valence-electron chi connectivity index (χ4n) is 1.60. The molecular weight excluding hydrogens is 248 g/mol. The number of para-hydroxylation sites is 2. The quantitative estimate of drug-likeness (QED) is 0.674. The number of ether oxygens (including phenoxy) is 1. The highest BCUT2D eigenvalue weighted by Crippen LogP contribution is 2.32. The van der Waals surface area contributed by atoms with Crippen LogP contribution in [0.1, 0.15) is 18.6 Å². The minimum absolute atomic E-state index is 0.0908. The second-order valence-electron chi connectivity index (χ2n) is 3.90. The number of nitro benzene ring substituents is 1. The lowest BCUT2D eigenvalue weighted by molar-refractivity contribution is -0.385. The first-order valence-electron chi connectivity index (χ1n) is 5.64. The predicted molar refractivity (Wildman–Crippen MR) is 68.0 cm³/mol. The first-order chi connectivity index (χ1) is 9.09. The molecule has 0 bridgehead atoms. The Kier molecular flexibility index (Phi) is 3.72. The minimum Gasteiger partial charge on any atom is -0.431 e. The van der Waals surface area contributed by atoms with Gasteiger partial charge in [-0.05, 0) is 25.1 Å². The molecule has 19 heavy (non-hydrogen) atoms. The molecule has 0 aliphatic heterocycles. The predicted octanol–water partition coefficient (Wildman–Crippen LogP) is 2.84. The lowest BCUT2D eigenvalue weighted by atomic mass is 10.2. The Balaban J connectivity index is 2.39. The summed E-state index contributed by atoms with van der Waals surface area (Å²) < 4.78 is 5.45. The van der Waals surface area contributed by atoms with Gasteiger partial charge in [0, 0.05) is 17.8 Å². The highest BCUT2D eigenvalue weighted by molar-refractivity contribution is 5.48. The monoisotopic (exact) mass is 260 g/mol. The number of hydrogen-bond acceptors (Lipinski definition) is 5. The summed E-state index contributed by atoms with van der Waals surface area (Å²) >= 11 is 0. The zero-order valence-electron chi connectivity index (χ0n) is 10.2. The Morgan fingerprint density at radius 2 is 2.05 bits per heavy atom. The van der Waals surface area contributed by atoms with Crippen molar-refractivity contribution in [3.8, 4) is 11.6 Å². The summed E-state index contributed by atoms with van der Waals surface area (Å²) in [4.78, 5) is 14.3. The van der Waals surface area contributed by atoms with Gasteiger partial charge in [-0.2, -0.15) is 0 Å². The number of hydrogen-bond donors (Lipinski definition) is 1. The average Bonchev–Trinajstić information content (AvgIpc) is 2.39. The first kappa shape index (κ1) is 13.0. The molecule has 0 unspecified atom stereocenters. The van der Waals surface area contributed by atoms with Crippen LogP contribution >= 0.6 is 0 Å². The number of nitro groups is 1. The molecule has 0 aliphatic carbocycles. The maximum Gasteiger partial charge on any atom is 0.311 e. The van der Waals surface area contributed by atoms with Crippen LogP contribution in [-0.4, -0.2) is 15.0 Å². The molecule has 1 N–H and O–H groups in total. The van der Waals surface area contributed by atoms with E-state index in [-0.39, 0.29) is 17.3 Å². The van der Waals surface area contributed by atoms with E-state index in [0.717, 1.165) is 0 Å². The summed E-state index contributed by atoms with van der Waals surface area (Å²) in [5.41, 5.74) is 0.324. The Morgan fingerprint density at radius 3 is 2.74 bits per heavy atom. The van der Waals surface area contributed by atoms with E-state index in [1.54, 1.807) is 31.2 Å². The summed E-state index contributed by atoms with van der Waals surface area (Å²) in [7, 11) is 0. The molecular formula is C13H12N2O4. The summed E-state index contributed by atoms with van der Waals surface area (Å²) in [6.45, 7) is 1.57. The van der Waals surface area contributed by atoms with Crippen molar-refractivity contribution in [1.29, 1.82) is 0 Å². The SMILES string of the molecule is C[C@@H](O)c1cccnc1Oc1ccccc1[N+](=O)[O-]. The van der Waals surface area contributed by atoms with Crippen molar-refractivity contribution < 1.29 is 14.8 Å². The largest absolute Gasteiger partial charge is 0.431 e. The second kappa shape index (κ2) is 5.45. The van der Waals surface area contributed by atoms with Gasteiger partial charge in [-0.1, -0.05) is 12.1 Å². The van der Waals surface area contributed by atoms with Gasteiger partial charge in [0.2, 0.25) is 11.6 Å². The van der Waals surface area contributed by atoms with Crippen LogP contribution < -0.4 is 4.74 Å². The van der Waals surface area contributed by atoms with Gasteiger partial charge in [0.1, 0.15) is 0 Å². The number of aliphatic hydroxyl groups excluding tert-OH is 1. The van der Waals surface area contributed by atoms with E-state index in [1.165, 1.54) is 18.3 Å². The molecule has 0 saturated heterocycles. The normalized spacial score (nSPS) is 11.9. The summed E-state index contributed by atoms with van der Waals surface area (Å²) in [5, 5.41) is 20.5. The van der Waals surface area contributed by atoms with Gasteiger partial charge < -0.3 is 9.84 Å². The standard InChI is InChI=1S/C13H12N2O4/c1-9(16)10-5-4-8-14-13(10)19-12-7-3-2-6-11(12)15(17)18/h2-9,16H,1H3/t9-/m1/s1. The van der Waals surface area contributed by atoms with Crippen molar-refractivity contribution in [2.24, 2.45) is 0 Å². The molecule has 6 heteroatoms. The third-order valence-corrected chi connectivity index (χ3v) is 2.52. The van der Waals surface area contributed by atoms with Crippen molar-refractivity contribution in [2.75, 3.05) is 0 Å². The second-order valence-corrected chi connectivity index (χ2v) is 3.90. The molecule has 0 spiro atoms. The van der Waals surface area contributed by atoms with Crippen LogP contribution in [0.25, 0.3) is 0 Å². The number of aromatic nitrogens is 1. The molecule has 0 amide bonds. The van der Waals surface area contributed by atoms with E-state index in [2.05, 4.69) is 4.98 Å². The smallest absolute Gasteiger partial charge is 0.311 e. The molecule has 2 aromatic rings. The fraction of sp³-hybridized carbons (Fsp3) is 0.154. The molecule has 1 heterocycles. The molecule has 0 aliphatic rings. The van der Waals surface area contributed by atoms with Crippen LogP contribution in [0.15, 0.2) is 42.6 Å². The lowest BCUT2D eigenvalue weighted by Gasteiger charge is -2.11. The highest BCUT2D eigenvalue weighted by Gasteiger charge is 2.17. The Hall–Kier alpha value is -2.47. The molecule has 0 saturated carbocycles. The van der Waals surface area contributed by atoms with Gasteiger partial charge in [-0.25, -0.2) is 4.98 Å². The van der Waals surface area contributed by atoms with Crippen LogP contribution in [0.4, 0.5) is 5.69 Å². The molecule has 0 radical (unpaired) electrons. The van der Waals surface area contributed by atoms with Gasteiger partial charge in [-0.15, -0.1) is 0 Å². The van der Waals surface area contributed by atoms with Gasteiger partial charge >= 0.3 is 5.69 Å². The zero-order chi connectivity index (χ0) is 13.8. The van der Waals surface area contributed by atoms with Crippen molar-refractivity contribution in [3.05, 3.63) is 58.3 Å². The lowest BCUT2D eigenvalue weighted by Crippen LogP contribution is -1.99. The number of rotatable bonds is 4. The molecule has 2 rings (SSSR count). The maximum atomic E-state index is 10.9. The highest BCUT2D eigenvalue weighted by atomic mass is 16.6. The Bertz CT molecular complexity index is 599. The number of pyridine rings is 1. The number of aliphatic hydroxyl groups is 1. The zero-order valence-corrected chi connectivity index (χ0v) is 10.2. The van der Waals surface area contributed by atoms with Crippen LogP contribution in [0.5, 0.6) is 11.6 Å². The van der Waals surface area contributed by atoms with Crippen molar-refractivity contribution in [3.63, 3.8) is 0 Å².